The maximum Gasteiger partial charge on any atom is 0.354 e. The Morgan fingerprint density at radius 1 is 1.47 bits per heavy atom. The van der Waals surface area contributed by atoms with E-state index in [2.05, 4.69) is 9.97 Å². The van der Waals surface area contributed by atoms with Gasteiger partial charge in [-0.05, 0) is 0 Å². The molecule has 17 heavy (non-hydrogen) atoms. The van der Waals surface area contributed by atoms with Crippen LogP contribution in [0.1, 0.15) is 6.23 Å². The average molecular weight is 244 g/mol. The van der Waals surface area contributed by atoms with Crippen LogP contribution < -0.4 is 11.4 Å². The van der Waals surface area contributed by atoms with E-state index in [1.54, 1.807) is 0 Å². The van der Waals surface area contributed by atoms with Crippen LogP contribution in [-0.2, 0) is 4.74 Å². The number of aromatic nitrogens is 3. The van der Waals surface area contributed by atoms with Crippen molar-refractivity contribution in [2.24, 2.45) is 0 Å². The predicted molar refractivity (Wildman–Crippen MR) is 53.7 cm³/mol. The molecule has 0 bridgehead atoms. The van der Waals surface area contributed by atoms with Gasteiger partial charge in [-0.1, -0.05) is 0 Å². The summed E-state index contributed by atoms with van der Waals surface area (Å²) in [5.41, 5.74) is 4.46. The second-order valence-corrected chi connectivity index (χ2v) is 3.63. The van der Waals surface area contributed by atoms with Crippen molar-refractivity contribution in [2.45, 2.75) is 24.5 Å². The molecule has 1 fully saturated rings. The molecule has 0 spiro atoms. The zero-order valence-electron chi connectivity index (χ0n) is 8.67. The monoisotopic (exact) mass is 244 g/mol. The number of nitrogen functional groups attached to an aromatic ring is 1. The van der Waals surface area contributed by atoms with E-state index in [0.29, 0.717) is 0 Å². The summed E-state index contributed by atoms with van der Waals surface area (Å²) in [5.74, 6) is -0.196. The van der Waals surface area contributed by atoms with Crippen LogP contribution in [0, 0.1) is 0 Å². The Bertz CT molecular complexity index is 463. The van der Waals surface area contributed by atoms with Crippen molar-refractivity contribution < 1.29 is 20.1 Å². The van der Waals surface area contributed by atoms with E-state index in [1.165, 1.54) is 0 Å². The van der Waals surface area contributed by atoms with Crippen LogP contribution in [0.2, 0.25) is 0 Å². The highest BCUT2D eigenvalue weighted by Gasteiger charge is 2.43. The van der Waals surface area contributed by atoms with Crippen LogP contribution >= 0.6 is 0 Å². The molecule has 1 saturated heterocycles. The highest BCUT2D eigenvalue weighted by atomic mass is 16.6. The van der Waals surface area contributed by atoms with Gasteiger partial charge in [-0.15, -0.1) is 0 Å². The predicted octanol–water partition coefficient (Wildman–Crippen LogP) is -3.17. The summed E-state index contributed by atoms with van der Waals surface area (Å²) in [6.45, 7) is -0.473. The summed E-state index contributed by atoms with van der Waals surface area (Å²) in [6, 6.07) is 0. The molecular formula is C8H12N4O5. The SMILES string of the molecule is Nc1ncn([C@H]2O[C@H](CO)C(O)C2O)c(=O)n1. The number of hydrogen-bond donors (Lipinski definition) is 4. The molecule has 0 radical (unpaired) electrons. The smallest absolute Gasteiger partial charge is 0.354 e. The van der Waals surface area contributed by atoms with Gasteiger partial charge in [0, 0.05) is 0 Å². The summed E-state index contributed by atoms with van der Waals surface area (Å²) >= 11 is 0. The maximum atomic E-state index is 11.5. The second-order valence-electron chi connectivity index (χ2n) is 3.63. The molecular weight excluding hydrogens is 232 g/mol. The Labute approximate surface area is 95.1 Å². The first-order valence-electron chi connectivity index (χ1n) is 4.87. The second kappa shape index (κ2) is 4.37. The van der Waals surface area contributed by atoms with Crippen LogP contribution in [0.4, 0.5) is 5.95 Å². The lowest BCUT2D eigenvalue weighted by Crippen LogP contribution is -2.36. The lowest BCUT2D eigenvalue weighted by Gasteiger charge is -2.16. The zero-order valence-corrected chi connectivity index (χ0v) is 8.67. The first kappa shape index (κ1) is 11.9. The zero-order chi connectivity index (χ0) is 12.6. The van der Waals surface area contributed by atoms with Crippen molar-refractivity contribution >= 4 is 5.95 Å². The highest BCUT2D eigenvalue weighted by molar-refractivity contribution is 5.10. The molecule has 4 atom stereocenters. The minimum Gasteiger partial charge on any atom is -0.394 e. The lowest BCUT2D eigenvalue weighted by atomic mass is 10.1. The number of aliphatic hydroxyl groups is 3. The fourth-order valence-electron chi connectivity index (χ4n) is 1.64. The maximum absolute atomic E-state index is 11.5. The van der Waals surface area contributed by atoms with Crippen molar-refractivity contribution in [3.8, 4) is 0 Å². The molecule has 9 nitrogen and oxygen atoms in total. The summed E-state index contributed by atoms with van der Waals surface area (Å²) in [7, 11) is 0. The molecule has 0 aromatic carbocycles. The van der Waals surface area contributed by atoms with Gasteiger partial charge in [0.1, 0.15) is 24.6 Å². The molecule has 2 unspecified atom stereocenters. The molecule has 1 aromatic heterocycles. The van der Waals surface area contributed by atoms with Gasteiger partial charge in [0.05, 0.1) is 6.61 Å². The Hall–Kier alpha value is -1.55. The van der Waals surface area contributed by atoms with Crippen LogP contribution in [-0.4, -0.2) is 54.8 Å². The Morgan fingerprint density at radius 3 is 2.71 bits per heavy atom. The van der Waals surface area contributed by atoms with Crippen LogP contribution in [0.3, 0.4) is 0 Å². The number of anilines is 1. The van der Waals surface area contributed by atoms with E-state index in [4.69, 9.17) is 15.6 Å². The fourth-order valence-corrected chi connectivity index (χ4v) is 1.64. The number of nitrogens with zero attached hydrogens (tertiary/aromatic N) is 3. The van der Waals surface area contributed by atoms with Crippen LogP contribution in [0.25, 0.3) is 0 Å². The quantitative estimate of drug-likeness (QED) is 0.426. The largest absolute Gasteiger partial charge is 0.394 e. The van der Waals surface area contributed by atoms with Gasteiger partial charge in [-0.25, -0.2) is 9.78 Å². The Morgan fingerprint density at radius 2 is 2.18 bits per heavy atom. The highest BCUT2D eigenvalue weighted by Crippen LogP contribution is 2.27. The number of hydrogen-bond acceptors (Lipinski definition) is 8. The van der Waals surface area contributed by atoms with Gasteiger partial charge < -0.3 is 25.8 Å². The van der Waals surface area contributed by atoms with Crippen molar-refractivity contribution in [3.05, 3.63) is 16.8 Å². The first-order valence-corrected chi connectivity index (χ1v) is 4.87. The summed E-state index contributed by atoms with van der Waals surface area (Å²) in [5, 5.41) is 28.1. The van der Waals surface area contributed by atoms with Gasteiger partial charge in [0.15, 0.2) is 6.23 Å². The van der Waals surface area contributed by atoms with Crippen molar-refractivity contribution in [1.29, 1.82) is 0 Å². The van der Waals surface area contributed by atoms with E-state index in [1.807, 2.05) is 0 Å². The van der Waals surface area contributed by atoms with E-state index < -0.39 is 36.8 Å². The average Bonchev–Trinajstić information content (AvgIpc) is 2.57. The summed E-state index contributed by atoms with van der Waals surface area (Å²) in [4.78, 5) is 18.4. The standard InChI is InChI=1S/C8H12N4O5/c9-7-10-2-12(8(16)11-7)6-5(15)4(14)3(1-13)17-6/h2-6,13-15H,1H2,(H2,9,11,16)/t3-,4?,5?,6+/m1/s1. The number of aliphatic hydroxyl groups excluding tert-OH is 3. The normalized spacial score (nSPS) is 32.9. The molecule has 2 heterocycles. The third-order valence-electron chi connectivity index (χ3n) is 2.54. The first-order chi connectivity index (χ1) is 8.04. The molecule has 1 aliphatic heterocycles. The third kappa shape index (κ3) is 2.00. The molecule has 2 rings (SSSR count). The van der Waals surface area contributed by atoms with E-state index in [0.717, 1.165) is 10.9 Å². The van der Waals surface area contributed by atoms with Gasteiger partial charge in [0.25, 0.3) is 0 Å². The van der Waals surface area contributed by atoms with E-state index in [9.17, 15) is 15.0 Å². The van der Waals surface area contributed by atoms with Crippen molar-refractivity contribution in [1.82, 2.24) is 14.5 Å². The molecule has 0 saturated carbocycles. The van der Waals surface area contributed by atoms with Gasteiger partial charge in [0.2, 0.25) is 5.95 Å². The Balaban J connectivity index is 2.32. The van der Waals surface area contributed by atoms with Crippen LogP contribution in [0.5, 0.6) is 0 Å². The molecule has 1 aromatic rings. The van der Waals surface area contributed by atoms with Gasteiger partial charge >= 0.3 is 5.69 Å². The van der Waals surface area contributed by atoms with E-state index >= 15 is 0 Å². The minimum absolute atomic E-state index is 0.196. The molecule has 1 aliphatic rings. The molecule has 94 valence electrons. The summed E-state index contributed by atoms with van der Waals surface area (Å²) in [6.07, 6.45) is -3.67. The lowest BCUT2D eigenvalue weighted by molar-refractivity contribution is -0.0554. The Kier molecular flexibility index (Phi) is 3.07. The number of nitrogens with two attached hydrogens (primary N) is 1. The van der Waals surface area contributed by atoms with E-state index in [-0.39, 0.29) is 5.95 Å². The molecule has 9 heteroatoms. The number of ether oxygens (including phenoxy) is 1. The topological polar surface area (TPSA) is 144 Å². The molecule has 0 amide bonds. The molecule has 0 aliphatic carbocycles. The summed E-state index contributed by atoms with van der Waals surface area (Å²) < 4.78 is 6.04. The third-order valence-corrected chi connectivity index (χ3v) is 2.54. The van der Waals surface area contributed by atoms with Crippen molar-refractivity contribution in [3.63, 3.8) is 0 Å². The number of rotatable bonds is 2. The van der Waals surface area contributed by atoms with Gasteiger partial charge in [-0.2, -0.15) is 4.98 Å². The van der Waals surface area contributed by atoms with Gasteiger partial charge in [-0.3, -0.25) is 4.57 Å². The minimum atomic E-state index is -1.35. The van der Waals surface area contributed by atoms with Crippen LogP contribution in [0.15, 0.2) is 11.1 Å². The molecule has 5 N–H and O–H groups in total. The van der Waals surface area contributed by atoms with Crippen molar-refractivity contribution in [2.75, 3.05) is 12.3 Å². The fraction of sp³-hybridized carbons (Fsp3) is 0.625.